The van der Waals surface area contributed by atoms with Gasteiger partial charge in [-0.2, -0.15) is 5.26 Å². The summed E-state index contributed by atoms with van der Waals surface area (Å²) in [5.41, 5.74) is 1.37. The van der Waals surface area contributed by atoms with E-state index in [0.717, 1.165) is 10.6 Å². The lowest BCUT2D eigenvalue weighted by molar-refractivity contribution is 0.476. The quantitative estimate of drug-likeness (QED) is 0.833. The fraction of sp³-hybridized carbons (Fsp3) is 0.0833. The highest BCUT2D eigenvalue weighted by molar-refractivity contribution is 7.10. The number of hydrogen-bond donors (Lipinski definition) is 2. The van der Waals surface area contributed by atoms with Crippen molar-refractivity contribution in [2.45, 2.75) is 6.54 Å². The number of hydrogen-bond acceptors (Lipinski definition) is 4. The monoisotopic (exact) mass is 298 g/mol. The molecule has 2 aromatic rings. The fourth-order valence-electron chi connectivity index (χ4n) is 1.39. The molecule has 6 heteroatoms. The minimum absolute atomic E-state index is 0.119. The molecule has 18 heavy (non-hydrogen) atoms. The first-order valence-electron chi connectivity index (χ1n) is 4.99. The predicted octanol–water partition coefficient (Wildman–Crippen LogP) is 4.24. The molecule has 0 amide bonds. The Balaban J connectivity index is 2.09. The van der Waals surface area contributed by atoms with E-state index in [-0.39, 0.29) is 15.8 Å². The van der Waals surface area contributed by atoms with Gasteiger partial charge in [-0.15, -0.1) is 11.3 Å². The number of thiophene rings is 1. The Morgan fingerprint density at radius 3 is 2.50 bits per heavy atom. The molecular weight excluding hydrogens is 291 g/mol. The molecule has 0 aliphatic heterocycles. The van der Waals surface area contributed by atoms with E-state index in [2.05, 4.69) is 11.4 Å². The van der Waals surface area contributed by atoms with Gasteiger partial charge in [0.1, 0.15) is 6.07 Å². The predicted molar refractivity (Wildman–Crippen MR) is 74.5 cm³/mol. The van der Waals surface area contributed by atoms with Crippen LogP contribution in [0.2, 0.25) is 10.0 Å². The van der Waals surface area contributed by atoms with Gasteiger partial charge in [0.15, 0.2) is 5.75 Å². The van der Waals surface area contributed by atoms with Crippen molar-refractivity contribution in [3.8, 4) is 11.8 Å². The topological polar surface area (TPSA) is 56.0 Å². The zero-order chi connectivity index (χ0) is 13.1. The number of phenols is 1. The zero-order valence-corrected chi connectivity index (χ0v) is 11.4. The molecule has 0 spiro atoms. The molecule has 3 nitrogen and oxygen atoms in total. The van der Waals surface area contributed by atoms with Crippen molar-refractivity contribution >= 4 is 40.2 Å². The van der Waals surface area contributed by atoms with Gasteiger partial charge in [-0.05, 0) is 18.2 Å². The van der Waals surface area contributed by atoms with Crippen LogP contribution in [0.15, 0.2) is 23.6 Å². The fourth-order valence-corrected chi connectivity index (χ4v) is 2.63. The van der Waals surface area contributed by atoms with E-state index in [0.29, 0.717) is 12.1 Å². The van der Waals surface area contributed by atoms with Crippen molar-refractivity contribution in [1.82, 2.24) is 0 Å². The van der Waals surface area contributed by atoms with Gasteiger partial charge in [-0.3, -0.25) is 0 Å². The van der Waals surface area contributed by atoms with E-state index >= 15 is 0 Å². The Labute approximate surface area is 118 Å². The first kappa shape index (κ1) is 13.0. The number of nitrogens with zero attached hydrogens (tertiary/aromatic N) is 1. The van der Waals surface area contributed by atoms with Crippen LogP contribution in [0.3, 0.4) is 0 Å². The first-order chi connectivity index (χ1) is 8.60. The molecule has 0 saturated heterocycles. The normalized spacial score (nSPS) is 10.1. The third-order valence-corrected chi connectivity index (χ3v) is 3.78. The lowest BCUT2D eigenvalue weighted by atomic mass is 10.3. The second-order valence-electron chi connectivity index (χ2n) is 3.56. The third-order valence-electron chi connectivity index (χ3n) is 2.27. The molecule has 0 saturated carbocycles. The maximum absolute atomic E-state index is 9.43. The van der Waals surface area contributed by atoms with Crippen LogP contribution in [0.1, 0.15) is 10.4 Å². The molecule has 0 fully saturated rings. The van der Waals surface area contributed by atoms with Gasteiger partial charge in [0, 0.05) is 22.5 Å². The molecule has 1 aromatic carbocycles. The van der Waals surface area contributed by atoms with Crippen LogP contribution in [0, 0.1) is 11.3 Å². The van der Waals surface area contributed by atoms with Gasteiger partial charge in [0.05, 0.1) is 15.6 Å². The number of aromatic hydroxyl groups is 1. The standard InChI is InChI=1S/C12H8Cl2N2OS/c13-10-2-8(3-11(14)12(10)17)16-5-9-1-7(4-15)6-18-9/h1-3,6,16-17H,5H2. The number of rotatable bonds is 3. The number of nitrogens with one attached hydrogen (secondary N) is 1. The SMILES string of the molecule is N#Cc1csc(CNc2cc(Cl)c(O)c(Cl)c2)c1. The second-order valence-corrected chi connectivity index (χ2v) is 5.37. The van der Waals surface area contributed by atoms with Crippen LogP contribution >= 0.6 is 34.5 Å². The molecule has 2 N–H and O–H groups in total. The van der Waals surface area contributed by atoms with Crippen LogP contribution in [0.4, 0.5) is 5.69 Å². The number of nitriles is 1. The highest BCUT2D eigenvalue weighted by atomic mass is 35.5. The van der Waals surface area contributed by atoms with E-state index < -0.39 is 0 Å². The van der Waals surface area contributed by atoms with E-state index in [9.17, 15) is 5.11 Å². The average Bonchev–Trinajstić information content (AvgIpc) is 2.81. The van der Waals surface area contributed by atoms with Crippen molar-refractivity contribution in [3.05, 3.63) is 44.1 Å². The maximum atomic E-state index is 9.43. The summed E-state index contributed by atoms with van der Waals surface area (Å²) >= 11 is 13.1. The Kier molecular flexibility index (Phi) is 3.97. The largest absolute Gasteiger partial charge is 0.505 e. The van der Waals surface area contributed by atoms with Gasteiger partial charge in [0.25, 0.3) is 0 Å². The highest BCUT2D eigenvalue weighted by Gasteiger charge is 2.07. The molecular formula is C12H8Cl2N2OS. The Morgan fingerprint density at radius 1 is 1.28 bits per heavy atom. The summed E-state index contributed by atoms with van der Waals surface area (Å²) in [6, 6.07) is 7.10. The van der Waals surface area contributed by atoms with E-state index in [1.807, 2.05) is 6.07 Å². The molecule has 92 valence electrons. The van der Waals surface area contributed by atoms with Gasteiger partial charge in [0.2, 0.25) is 0 Å². The van der Waals surface area contributed by atoms with Crippen LogP contribution in [0.25, 0.3) is 0 Å². The minimum atomic E-state index is -0.119. The van der Waals surface area contributed by atoms with Crippen LogP contribution < -0.4 is 5.32 Å². The highest BCUT2D eigenvalue weighted by Crippen LogP contribution is 2.34. The lowest BCUT2D eigenvalue weighted by Crippen LogP contribution is -1.97. The molecule has 1 heterocycles. The summed E-state index contributed by atoms with van der Waals surface area (Å²) in [6.07, 6.45) is 0. The molecule has 0 aliphatic carbocycles. The van der Waals surface area contributed by atoms with Gasteiger partial charge in [-0.25, -0.2) is 0 Å². The van der Waals surface area contributed by atoms with Crippen molar-refractivity contribution in [2.75, 3.05) is 5.32 Å². The molecule has 0 radical (unpaired) electrons. The lowest BCUT2D eigenvalue weighted by Gasteiger charge is -2.07. The number of benzene rings is 1. The van der Waals surface area contributed by atoms with E-state index in [1.165, 1.54) is 11.3 Å². The summed E-state index contributed by atoms with van der Waals surface area (Å²) in [4.78, 5) is 1.03. The van der Waals surface area contributed by atoms with Crippen LogP contribution in [-0.4, -0.2) is 5.11 Å². The van der Waals surface area contributed by atoms with E-state index in [1.54, 1.807) is 17.5 Å². The number of phenolic OH excluding ortho intramolecular Hbond substituents is 1. The molecule has 0 bridgehead atoms. The summed E-state index contributed by atoms with van der Waals surface area (Å²) in [7, 11) is 0. The summed E-state index contributed by atoms with van der Waals surface area (Å²) in [5.74, 6) is -0.119. The Bertz CT molecular complexity index is 596. The molecule has 0 aliphatic rings. The van der Waals surface area contributed by atoms with Crippen molar-refractivity contribution in [2.24, 2.45) is 0 Å². The molecule has 0 atom stereocenters. The maximum Gasteiger partial charge on any atom is 0.152 e. The number of halogens is 2. The summed E-state index contributed by atoms with van der Waals surface area (Å²) in [5, 5.41) is 23.5. The molecule has 2 rings (SSSR count). The van der Waals surface area contributed by atoms with Crippen molar-refractivity contribution in [1.29, 1.82) is 5.26 Å². The number of anilines is 1. The van der Waals surface area contributed by atoms with Gasteiger partial charge in [-0.1, -0.05) is 23.2 Å². The molecule has 0 unspecified atom stereocenters. The third kappa shape index (κ3) is 2.88. The van der Waals surface area contributed by atoms with Gasteiger partial charge >= 0.3 is 0 Å². The van der Waals surface area contributed by atoms with Crippen LogP contribution in [-0.2, 0) is 6.54 Å². The van der Waals surface area contributed by atoms with Crippen LogP contribution in [0.5, 0.6) is 5.75 Å². The molecule has 1 aromatic heterocycles. The van der Waals surface area contributed by atoms with Gasteiger partial charge < -0.3 is 10.4 Å². The first-order valence-corrected chi connectivity index (χ1v) is 6.63. The summed E-state index contributed by atoms with van der Waals surface area (Å²) < 4.78 is 0. The smallest absolute Gasteiger partial charge is 0.152 e. The average molecular weight is 299 g/mol. The van der Waals surface area contributed by atoms with Crippen molar-refractivity contribution < 1.29 is 5.11 Å². The minimum Gasteiger partial charge on any atom is -0.505 e. The Morgan fingerprint density at radius 2 is 1.94 bits per heavy atom. The summed E-state index contributed by atoms with van der Waals surface area (Å²) in [6.45, 7) is 0.573. The zero-order valence-electron chi connectivity index (χ0n) is 9.08. The second kappa shape index (κ2) is 5.49. The van der Waals surface area contributed by atoms with Crippen molar-refractivity contribution in [3.63, 3.8) is 0 Å². The van der Waals surface area contributed by atoms with E-state index in [4.69, 9.17) is 28.5 Å². The Hall–Kier alpha value is -1.41.